The van der Waals surface area contributed by atoms with Gasteiger partial charge in [-0.1, -0.05) is 6.92 Å². The van der Waals surface area contributed by atoms with Crippen molar-refractivity contribution in [1.82, 2.24) is 9.88 Å². The first kappa shape index (κ1) is 14.8. The van der Waals surface area contributed by atoms with Crippen molar-refractivity contribution in [1.29, 1.82) is 0 Å². The number of piperidine rings is 3. The van der Waals surface area contributed by atoms with Gasteiger partial charge in [0, 0.05) is 41.5 Å². The van der Waals surface area contributed by atoms with Gasteiger partial charge < -0.3 is 14.6 Å². The number of hydrogen-bond acceptors (Lipinski definition) is 3. The fourth-order valence-electron chi connectivity index (χ4n) is 4.37. The van der Waals surface area contributed by atoms with Crippen LogP contribution in [0, 0.1) is 12.8 Å². The van der Waals surface area contributed by atoms with Gasteiger partial charge in [-0.2, -0.15) is 0 Å². The third kappa shape index (κ3) is 2.55. The van der Waals surface area contributed by atoms with Crippen molar-refractivity contribution >= 4 is 16.9 Å². The van der Waals surface area contributed by atoms with Crippen LogP contribution in [0.3, 0.4) is 0 Å². The number of aryl methyl sites for hydroxylation is 1. The lowest BCUT2D eigenvalue weighted by atomic mass is 9.75. The molecule has 0 saturated carbocycles. The largest absolute Gasteiger partial charge is 0.426 e. The zero-order valence-corrected chi connectivity index (χ0v) is 13.9. The van der Waals surface area contributed by atoms with Crippen molar-refractivity contribution in [3.63, 3.8) is 0 Å². The first-order valence-electron chi connectivity index (χ1n) is 8.71. The fourth-order valence-corrected chi connectivity index (χ4v) is 4.37. The Labute approximate surface area is 136 Å². The maximum Gasteiger partial charge on any atom is 0.310 e. The Morgan fingerprint density at radius 2 is 2.13 bits per heavy atom. The van der Waals surface area contributed by atoms with Crippen LogP contribution in [0.15, 0.2) is 18.2 Å². The zero-order chi connectivity index (χ0) is 16.0. The smallest absolute Gasteiger partial charge is 0.310 e. The number of hydrogen-bond donors (Lipinski definition) is 1. The molecular formula is C19H24N2O2. The molecule has 1 aromatic carbocycles. The van der Waals surface area contributed by atoms with E-state index >= 15 is 0 Å². The second-order valence-corrected chi connectivity index (χ2v) is 6.94. The standard InChI is InChI=1S/C19H24N2O2/c1-3-18(22)23-14-4-5-15-17(10-14)20-12(2)19(15)16-11-21-8-6-13(16)7-9-21/h4-5,10,13,16,20H,3,6-9,11H2,1-2H3. The summed E-state index contributed by atoms with van der Waals surface area (Å²) >= 11 is 0. The summed E-state index contributed by atoms with van der Waals surface area (Å²) < 4.78 is 5.35. The van der Waals surface area contributed by atoms with Crippen LogP contribution in [0.5, 0.6) is 5.75 Å². The molecule has 122 valence electrons. The van der Waals surface area contributed by atoms with E-state index in [4.69, 9.17) is 4.74 Å². The molecule has 23 heavy (non-hydrogen) atoms. The molecule has 3 fully saturated rings. The highest BCUT2D eigenvalue weighted by atomic mass is 16.5. The summed E-state index contributed by atoms with van der Waals surface area (Å²) in [5.74, 6) is 1.89. The van der Waals surface area contributed by atoms with Crippen molar-refractivity contribution < 1.29 is 9.53 Å². The molecule has 1 aromatic heterocycles. The lowest BCUT2D eigenvalue weighted by Crippen LogP contribution is -2.46. The van der Waals surface area contributed by atoms with E-state index in [0.717, 1.165) is 11.4 Å². The molecule has 2 aromatic rings. The van der Waals surface area contributed by atoms with Crippen LogP contribution in [0.2, 0.25) is 0 Å². The van der Waals surface area contributed by atoms with Gasteiger partial charge in [0.15, 0.2) is 0 Å². The summed E-state index contributed by atoms with van der Waals surface area (Å²) in [5.41, 5.74) is 3.82. The highest BCUT2D eigenvalue weighted by molar-refractivity contribution is 5.87. The molecule has 4 nitrogen and oxygen atoms in total. The van der Waals surface area contributed by atoms with Crippen LogP contribution in [-0.2, 0) is 4.79 Å². The van der Waals surface area contributed by atoms with Crippen LogP contribution in [0.25, 0.3) is 10.9 Å². The van der Waals surface area contributed by atoms with Crippen LogP contribution >= 0.6 is 0 Å². The number of rotatable bonds is 3. The average Bonchev–Trinajstić information content (AvgIpc) is 2.90. The maximum atomic E-state index is 11.5. The van der Waals surface area contributed by atoms with Gasteiger partial charge in [0.1, 0.15) is 5.75 Å². The number of aromatic amines is 1. The minimum atomic E-state index is -0.190. The molecule has 4 heterocycles. The second kappa shape index (κ2) is 5.68. The number of benzene rings is 1. The summed E-state index contributed by atoms with van der Waals surface area (Å²) in [6.07, 6.45) is 3.04. The predicted octanol–water partition coefficient (Wildman–Crippen LogP) is 3.60. The number of H-pyrrole nitrogens is 1. The van der Waals surface area contributed by atoms with E-state index in [1.165, 1.54) is 49.1 Å². The normalized spacial score (nSPS) is 26.6. The lowest BCUT2D eigenvalue weighted by Gasteiger charge is -2.45. The highest BCUT2D eigenvalue weighted by Crippen LogP contribution is 2.43. The van der Waals surface area contributed by atoms with E-state index in [-0.39, 0.29) is 5.97 Å². The third-order valence-corrected chi connectivity index (χ3v) is 5.55. The van der Waals surface area contributed by atoms with Crippen molar-refractivity contribution in [3.8, 4) is 5.75 Å². The zero-order valence-electron chi connectivity index (χ0n) is 13.9. The molecule has 0 spiro atoms. The number of esters is 1. The van der Waals surface area contributed by atoms with Gasteiger partial charge in [-0.05, 0) is 56.5 Å². The van der Waals surface area contributed by atoms with E-state index in [2.05, 4.69) is 22.9 Å². The molecule has 0 radical (unpaired) electrons. The molecule has 4 heteroatoms. The summed E-state index contributed by atoms with van der Waals surface area (Å²) in [4.78, 5) is 17.6. The van der Waals surface area contributed by atoms with Crippen LogP contribution in [-0.4, -0.2) is 35.5 Å². The Hall–Kier alpha value is -1.81. The van der Waals surface area contributed by atoms with E-state index in [1.54, 1.807) is 0 Å². The fraction of sp³-hybridized carbons (Fsp3) is 0.526. The first-order valence-corrected chi connectivity index (χ1v) is 8.71. The Kier molecular flexibility index (Phi) is 3.64. The van der Waals surface area contributed by atoms with E-state index in [1.807, 2.05) is 19.1 Å². The molecule has 1 N–H and O–H groups in total. The number of fused-ring (bicyclic) bond motifs is 4. The van der Waals surface area contributed by atoms with Crippen LogP contribution < -0.4 is 4.74 Å². The number of nitrogens with one attached hydrogen (secondary N) is 1. The average molecular weight is 312 g/mol. The molecule has 5 rings (SSSR count). The van der Waals surface area contributed by atoms with Gasteiger partial charge in [0.2, 0.25) is 0 Å². The van der Waals surface area contributed by atoms with E-state index in [9.17, 15) is 4.79 Å². The quantitative estimate of drug-likeness (QED) is 0.696. The first-order chi connectivity index (χ1) is 11.2. The molecule has 1 unspecified atom stereocenters. The van der Waals surface area contributed by atoms with E-state index < -0.39 is 0 Å². The van der Waals surface area contributed by atoms with Crippen LogP contribution in [0.4, 0.5) is 0 Å². The molecule has 0 amide bonds. The van der Waals surface area contributed by atoms with Gasteiger partial charge in [-0.15, -0.1) is 0 Å². The molecule has 0 aliphatic carbocycles. The number of aromatic nitrogens is 1. The lowest BCUT2D eigenvalue weighted by molar-refractivity contribution is -0.134. The maximum absolute atomic E-state index is 11.5. The Morgan fingerprint density at radius 1 is 1.35 bits per heavy atom. The third-order valence-electron chi connectivity index (χ3n) is 5.55. The molecular weight excluding hydrogens is 288 g/mol. The van der Waals surface area contributed by atoms with Crippen molar-refractivity contribution in [2.45, 2.75) is 39.0 Å². The molecule has 1 atom stereocenters. The SMILES string of the molecule is CCC(=O)Oc1ccc2c(C3CN4CCC3CC4)c(C)[nH]c2c1. The summed E-state index contributed by atoms with van der Waals surface area (Å²) in [6.45, 7) is 7.69. The number of nitrogens with zero attached hydrogens (tertiary/aromatic N) is 1. The summed E-state index contributed by atoms with van der Waals surface area (Å²) in [5, 5.41) is 1.29. The summed E-state index contributed by atoms with van der Waals surface area (Å²) in [6, 6.07) is 6.00. The molecule has 2 bridgehead atoms. The van der Waals surface area contributed by atoms with Crippen molar-refractivity contribution in [2.75, 3.05) is 19.6 Å². The minimum absolute atomic E-state index is 0.190. The molecule has 3 aliphatic rings. The topological polar surface area (TPSA) is 45.3 Å². The van der Waals surface area contributed by atoms with Crippen molar-refractivity contribution in [3.05, 3.63) is 29.5 Å². The Balaban J connectivity index is 1.70. The number of ether oxygens (including phenoxy) is 1. The van der Waals surface area contributed by atoms with Crippen LogP contribution in [0.1, 0.15) is 43.4 Å². The van der Waals surface area contributed by atoms with Gasteiger partial charge in [-0.3, -0.25) is 4.79 Å². The predicted molar refractivity (Wildman–Crippen MR) is 90.9 cm³/mol. The van der Waals surface area contributed by atoms with Gasteiger partial charge in [0.05, 0.1) is 0 Å². The minimum Gasteiger partial charge on any atom is -0.426 e. The van der Waals surface area contributed by atoms with Gasteiger partial charge >= 0.3 is 5.97 Å². The van der Waals surface area contributed by atoms with E-state index in [0.29, 0.717) is 18.1 Å². The number of carbonyl (C=O) groups is 1. The Morgan fingerprint density at radius 3 is 2.78 bits per heavy atom. The molecule has 3 aliphatic heterocycles. The number of carbonyl (C=O) groups excluding carboxylic acids is 1. The highest BCUT2D eigenvalue weighted by Gasteiger charge is 2.36. The van der Waals surface area contributed by atoms with Crippen molar-refractivity contribution in [2.24, 2.45) is 5.92 Å². The van der Waals surface area contributed by atoms with Gasteiger partial charge in [-0.25, -0.2) is 0 Å². The second-order valence-electron chi connectivity index (χ2n) is 6.94. The van der Waals surface area contributed by atoms with Gasteiger partial charge in [0.25, 0.3) is 0 Å². The molecule has 3 saturated heterocycles. The summed E-state index contributed by atoms with van der Waals surface area (Å²) in [7, 11) is 0. The monoisotopic (exact) mass is 312 g/mol. The Bertz CT molecular complexity index is 741.